The Morgan fingerprint density at radius 2 is 1.78 bits per heavy atom. The fraction of sp³-hybridized carbons (Fsp3) is 0.640. The number of nitrogens with one attached hydrogen (secondary N) is 1. The van der Waals surface area contributed by atoms with Crippen molar-refractivity contribution in [3.8, 4) is 6.07 Å². The summed E-state index contributed by atoms with van der Waals surface area (Å²) in [6, 6.07) is 6.90. The van der Waals surface area contributed by atoms with Gasteiger partial charge in [0, 0.05) is 31.2 Å². The molecule has 196 valence electrons. The van der Waals surface area contributed by atoms with E-state index < -0.39 is 38.4 Å². The SMILES string of the molecule is Cc1cc(Cl)ccc1S(=O)(=O)[C@@H]1C[C@@H](C(=O)NC2(C#N)CCN(C)CC2)[C@H](C(=O)N2CCOCC2)C1. The number of hydrogen-bond donors (Lipinski definition) is 1. The topological polar surface area (TPSA) is 120 Å². The van der Waals surface area contributed by atoms with Crippen molar-refractivity contribution in [3.05, 3.63) is 28.8 Å². The molecule has 9 nitrogen and oxygen atoms in total. The third-order valence-corrected chi connectivity index (χ3v) is 10.4. The number of ether oxygens (including phenoxy) is 1. The van der Waals surface area contributed by atoms with Gasteiger partial charge in [-0.1, -0.05) is 11.6 Å². The van der Waals surface area contributed by atoms with Gasteiger partial charge in [-0.2, -0.15) is 5.26 Å². The summed E-state index contributed by atoms with van der Waals surface area (Å²) in [4.78, 5) is 31.0. The molecular weight excluding hydrogens is 504 g/mol. The molecule has 2 amide bonds. The highest BCUT2D eigenvalue weighted by Gasteiger charge is 2.50. The Kier molecular flexibility index (Phi) is 7.95. The summed E-state index contributed by atoms with van der Waals surface area (Å²) in [5.74, 6) is -2.26. The Morgan fingerprint density at radius 1 is 1.14 bits per heavy atom. The number of nitrogens with zero attached hydrogens (tertiary/aromatic N) is 3. The lowest BCUT2D eigenvalue weighted by atomic mass is 9.86. The highest BCUT2D eigenvalue weighted by atomic mass is 35.5. The number of rotatable bonds is 5. The van der Waals surface area contributed by atoms with Crippen molar-refractivity contribution in [1.29, 1.82) is 5.26 Å². The highest BCUT2D eigenvalue weighted by molar-refractivity contribution is 7.92. The largest absolute Gasteiger partial charge is 0.378 e. The van der Waals surface area contributed by atoms with Crippen LogP contribution in [0, 0.1) is 30.1 Å². The Morgan fingerprint density at radius 3 is 2.39 bits per heavy atom. The van der Waals surface area contributed by atoms with E-state index in [1.165, 1.54) is 12.1 Å². The predicted molar refractivity (Wildman–Crippen MR) is 134 cm³/mol. The van der Waals surface area contributed by atoms with Crippen molar-refractivity contribution >= 4 is 33.3 Å². The molecule has 2 aliphatic heterocycles. The number of morpholine rings is 1. The fourth-order valence-corrected chi connectivity index (χ4v) is 7.80. The number of nitriles is 1. The average molecular weight is 537 g/mol. The molecule has 1 saturated carbocycles. The van der Waals surface area contributed by atoms with E-state index in [9.17, 15) is 23.3 Å². The molecule has 1 N–H and O–H groups in total. The van der Waals surface area contributed by atoms with Crippen LogP contribution in [-0.2, 0) is 24.2 Å². The molecule has 11 heteroatoms. The van der Waals surface area contributed by atoms with Gasteiger partial charge in [0.2, 0.25) is 11.8 Å². The minimum Gasteiger partial charge on any atom is -0.378 e. The van der Waals surface area contributed by atoms with Gasteiger partial charge in [-0.3, -0.25) is 9.59 Å². The van der Waals surface area contributed by atoms with Crippen LogP contribution in [0.25, 0.3) is 0 Å². The zero-order valence-electron chi connectivity index (χ0n) is 20.7. The number of halogens is 1. The van der Waals surface area contributed by atoms with Crippen LogP contribution in [0.4, 0.5) is 0 Å². The van der Waals surface area contributed by atoms with Crippen molar-refractivity contribution in [1.82, 2.24) is 15.1 Å². The van der Waals surface area contributed by atoms with Crippen molar-refractivity contribution in [3.63, 3.8) is 0 Å². The molecule has 1 aliphatic carbocycles. The van der Waals surface area contributed by atoms with Crippen LogP contribution in [-0.4, -0.2) is 87.3 Å². The zero-order chi connectivity index (χ0) is 26.1. The van der Waals surface area contributed by atoms with Crippen molar-refractivity contribution < 1.29 is 22.7 Å². The molecule has 1 aromatic rings. The third-order valence-electron chi connectivity index (χ3n) is 7.80. The second kappa shape index (κ2) is 10.7. The van der Waals surface area contributed by atoms with Gasteiger partial charge in [0.15, 0.2) is 9.84 Å². The lowest BCUT2D eigenvalue weighted by molar-refractivity contribution is -0.144. The Balaban J connectivity index is 1.61. The maximum Gasteiger partial charge on any atom is 0.226 e. The minimum absolute atomic E-state index is 0.0262. The number of amides is 2. The Bertz CT molecular complexity index is 1150. The minimum atomic E-state index is -3.82. The lowest BCUT2D eigenvalue weighted by Gasteiger charge is -2.37. The molecule has 3 fully saturated rings. The van der Waals surface area contributed by atoms with Gasteiger partial charge in [0.05, 0.1) is 41.3 Å². The summed E-state index contributed by atoms with van der Waals surface area (Å²) in [5.41, 5.74) is -0.485. The van der Waals surface area contributed by atoms with E-state index in [1.54, 1.807) is 17.9 Å². The van der Waals surface area contributed by atoms with Gasteiger partial charge in [0.1, 0.15) is 5.54 Å². The standard InChI is InChI=1S/C25H33ClN4O5S/c1-17-13-18(26)3-4-22(17)36(33,34)19-14-20(21(15-19)24(32)30-9-11-35-12-10-30)23(31)28-25(16-27)5-7-29(2)8-6-25/h3-4,13,19-21H,5-12,14-15H2,1-2H3,(H,28,31)/t19-,20-,21-/m1/s1. The van der Waals surface area contributed by atoms with Gasteiger partial charge < -0.3 is 19.9 Å². The molecule has 0 bridgehead atoms. The maximum absolute atomic E-state index is 13.6. The zero-order valence-corrected chi connectivity index (χ0v) is 22.3. The maximum atomic E-state index is 13.6. The molecule has 3 atom stereocenters. The monoisotopic (exact) mass is 536 g/mol. The van der Waals surface area contributed by atoms with E-state index in [-0.39, 0.29) is 23.6 Å². The molecule has 0 spiro atoms. The second-order valence-corrected chi connectivity index (χ2v) is 12.8. The number of likely N-dealkylation sites (tertiary alicyclic amines) is 1. The van der Waals surface area contributed by atoms with E-state index in [2.05, 4.69) is 16.3 Å². The smallest absolute Gasteiger partial charge is 0.226 e. The van der Waals surface area contributed by atoms with Crippen LogP contribution in [0.1, 0.15) is 31.2 Å². The molecule has 4 rings (SSSR count). The molecule has 2 saturated heterocycles. The molecule has 2 heterocycles. The average Bonchev–Trinajstić information content (AvgIpc) is 3.32. The normalized spacial score (nSPS) is 26.8. The fourth-order valence-electron chi connectivity index (χ4n) is 5.53. The van der Waals surface area contributed by atoms with Crippen molar-refractivity contribution in [2.24, 2.45) is 11.8 Å². The molecule has 3 aliphatic rings. The molecular formula is C25H33ClN4O5S. The quantitative estimate of drug-likeness (QED) is 0.609. The van der Waals surface area contributed by atoms with Crippen LogP contribution in [0.15, 0.2) is 23.1 Å². The van der Waals surface area contributed by atoms with Crippen LogP contribution in [0.2, 0.25) is 5.02 Å². The van der Waals surface area contributed by atoms with E-state index in [0.717, 1.165) is 0 Å². The number of benzene rings is 1. The van der Waals surface area contributed by atoms with Crippen LogP contribution < -0.4 is 5.32 Å². The van der Waals surface area contributed by atoms with E-state index in [0.29, 0.717) is 62.8 Å². The summed E-state index contributed by atoms with van der Waals surface area (Å²) in [6.45, 7) is 4.66. The first-order chi connectivity index (χ1) is 17.1. The third kappa shape index (κ3) is 5.40. The number of sulfone groups is 1. The second-order valence-electron chi connectivity index (χ2n) is 10.2. The number of aryl methyl sites for hydroxylation is 1. The van der Waals surface area contributed by atoms with Gasteiger partial charge in [0.25, 0.3) is 0 Å². The molecule has 0 unspecified atom stereocenters. The van der Waals surface area contributed by atoms with E-state index >= 15 is 0 Å². The summed E-state index contributed by atoms with van der Waals surface area (Å²) in [7, 11) is -1.85. The van der Waals surface area contributed by atoms with E-state index in [1.807, 2.05) is 7.05 Å². The van der Waals surface area contributed by atoms with Gasteiger partial charge in [-0.25, -0.2) is 8.42 Å². The van der Waals surface area contributed by atoms with Crippen molar-refractivity contribution in [2.45, 2.75) is 48.3 Å². The van der Waals surface area contributed by atoms with Gasteiger partial charge in [-0.15, -0.1) is 0 Å². The number of carbonyl (C=O) groups excluding carboxylic acids is 2. The Hall–Kier alpha value is -2.19. The van der Waals surface area contributed by atoms with Crippen LogP contribution >= 0.6 is 11.6 Å². The summed E-state index contributed by atoms with van der Waals surface area (Å²) >= 11 is 6.03. The van der Waals surface area contributed by atoms with Crippen molar-refractivity contribution in [2.75, 3.05) is 46.4 Å². The van der Waals surface area contributed by atoms with E-state index in [4.69, 9.17) is 16.3 Å². The first-order valence-corrected chi connectivity index (χ1v) is 14.3. The Labute approximate surface area is 217 Å². The molecule has 36 heavy (non-hydrogen) atoms. The first kappa shape index (κ1) is 26.9. The molecule has 0 aromatic heterocycles. The predicted octanol–water partition coefficient (Wildman–Crippen LogP) is 1.78. The van der Waals surface area contributed by atoms with Crippen LogP contribution in [0.3, 0.4) is 0 Å². The number of carbonyl (C=O) groups is 2. The summed E-state index contributed by atoms with van der Waals surface area (Å²) in [5, 5.41) is 12.4. The first-order valence-electron chi connectivity index (χ1n) is 12.3. The van der Waals surface area contributed by atoms with Crippen LogP contribution in [0.5, 0.6) is 0 Å². The summed E-state index contributed by atoms with van der Waals surface area (Å²) in [6.07, 6.45) is 1.04. The number of piperidine rings is 1. The van der Waals surface area contributed by atoms with Gasteiger partial charge >= 0.3 is 0 Å². The molecule has 1 aromatic carbocycles. The molecule has 0 radical (unpaired) electrons. The summed E-state index contributed by atoms with van der Waals surface area (Å²) < 4.78 is 32.7. The van der Waals surface area contributed by atoms with Gasteiger partial charge in [-0.05, 0) is 63.4 Å². The lowest BCUT2D eigenvalue weighted by Crippen LogP contribution is -2.56. The highest BCUT2D eigenvalue weighted by Crippen LogP contribution is 2.41. The number of hydrogen-bond acceptors (Lipinski definition) is 7.